The van der Waals surface area contributed by atoms with Crippen LogP contribution < -0.4 is 89.8 Å². The summed E-state index contributed by atoms with van der Waals surface area (Å²) in [6.07, 6.45) is -0.647. The zero-order valence-corrected chi connectivity index (χ0v) is 69.0. The molecule has 19 N–H and O–H groups in total. The van der Waals surface area contributed by atoms with Crippen LogP contribution in [0.1, 0.15) is 135 Å². The quantitative estimate of drug-likeness (QED) is 0.0264. The monoisotopic (exact) mass is 1660 g/mol. The molecular weight excluding hydrogens is 1550 g/mol. The molecule has 6 heterocycles. The van der Waals surface area contributed by atoms with Gasteiger partial charge in [-0.2, -0.15) is 29.9 Å². The summed E-state index contributed by atoms with van der Waals surface area (Å²) in [6.45, 7) is 24.0. The second kappa shape index (κ2) is 37.7. The first-order chi connectivity index (χ1) is 54.9. The molecule has 6 amide bonds. The van der Waals surface area contributed by atoms with Gasteiger partial charge in [0.2, 0.25) is 35.7 Å². The van der Waals surface area contributed by atoms with E-state index < -0.39 is 82.8 Å². The minimum atomic E-state index is -0.799. The number of rotatable bonds is 19. The van der Waals surface area contributed by atoms with E-state index in [0.29, 0.717) is 80.2 Å². The standard InChI is InChI=1S/C53H72ClN11O11.C26H34ClN11O3/c1-50(2,3)73-46(68)56-34-23-35(57-47(69)74-51(4,5)6)27-64(26-34)44-61-43(62-45(63-44)65-28-36(58-48(70)75-52(7,8)9)24-37(29-65)59-49(71)76-53(10,11)12)55-33-19-21-39(41(25-33)72-30-31-16-14-13-15-17-31)60-42(67)38-20-18-32(54)22-40(38)66;27-13-1-3-19(21(39)5-13)23(41)33-20-4-2-18(8-22(20)40)32-24-34-25(37-9-14(28)6-15(29)10-37)36-26(35-24)38-11-16(30)7-17(31)12-38/h13-22,25,34-37,66H,23-24,26-30H2,1-12H3,(H,56,68)(H,57,69)(H,58,70)(H,59,71)(H,60,67)(H,55,61,62,63);1-5,8,14-17,39-40H,6-7,9-12,28-31H2,(H,33,41)(H,32,34,35,36)/t34-,35+,36-,37+;14-,15+,16-,17+. The van der Waals surface area contributed by atoms with E-state index in [2.05, 4.69) is 52.5 Å². The molecule has 0 bridgehead atoms. The van der Waals surface area contributed by atoms with Crippen molar-refractivity contribution in [1.82, 2.24) is 51.2 Å². The Morgan fingerprint density at radius 3 is 1.09 bits per heavy atom. The number of aromatic hydroxyl groups is 3. The lowest BCUT2D eigenvalue weighted by molar-refractivity contribution is 0.0452. The number of benzene rings is 5. The number of piperidine rings is 4. The van der Waals surface area contributed by atoms with Crippen molar-refractivity contribution in [3.8, 4) is 23.0 Å². The average Bonchev–Trinajstić information content (AvgIpc) is 0.774. The smallest absolute Gasteiger partial charge is 0.407 e. The third-order valence-corrected chi connectivity index (χ3v) is 18.3. The van der Waals surface area contributed by atoms with Crippen molar-refractivity contribution in [3.05, 3.63) is 130 Å². The Labute approximate surface area is 688 Å². The van der Waals surface area contributed by atoms with Crippen molar-refractivity contribution >= 4 is 118 Å². The summed E-state index contributed by atoms with van der Waals surface area (Å²) in [7, 11) is 0. The fourth-order valence-electron chi connectivity index (χ4n) is 13.2. The maximum absolute atomic E-state index is 13.6. The number of phenols is 3. The van der Waals surface area contributed by atoms with Gasteiger partial charge in [-0.1, -0.05) is 53.5 Å². The number of hydrogen-bond donors (Lipinski definition) is 15. The van der Waals surface area contributed by atoms with Gasteiger partial charge in [-0.15, -0.1) is 0 Å². The first kappa shape index (κ1) is 87.9. The number of nitrogens with one attached hydrogen (secondary N) is 8. The molecule has 36 nitrogen and oxygen atoms in total. The summed E-state index contributed by atoms with van der Waals surface area (Å²) >= 11 is 11.9. The van der Waals surface area contributed by atoms with Gasteiger partial charge in [0.15, 0.2) is 0 Å². The molecule has 630 valence electrons. The number of hydrogen-bond acceptors (Lipinski definition) is 30. The van der Waals surface area contributed by atoms with Gasteiger partial charge in [0.05, 0.1) is 46.7 Å². The van der Waals surface area contributed by atoms with Gasteiger partial charge >= 0.3 is 24.4 Å². The molecule has 2 aromatic heterocycles. The predicted molar refractivity (Wildman–Crippen MR) is 446 cm³/mol. The van der Waals surface area contributed by atoms with Crippen molar-refractivity contribution in [3.63, 3.8) is 0 Å². The molecule has 0 aliphatic carbocycles. The zero-order chi connectivity index (χ0) is 85.0. The molecule has 0 spiro atoms. The lowest BCUT2D eigenvalue weighted by Crippen LogP contribution is -2.59. The van der Waals surface area contributed by atoms with Crippen molar-refractivity contribution in [2.45, 2.75) is 186 Å². The third kappa shape index (κ3) is 27.1. The predicted octanol–water partition coefficient (Wildman–Crippen LogP) is 9.46. The van der Waals surface area contributed by atoms with E-state index in [-0.39, 0.29) is 131 Å². The third-order valence-electron chi connectivity index (χ3n) is 17.8. The fourth-order valence-corrected chi connectivity index (χ4v) is 13.5. The normalized spacial score (nSPS) is 19.7. The number of ether oxygens (including phenoxy) is 5. The number of carbonyl (C=O) groups is 6. The summed E-state index contributed by atoms with van der Waals surface area (Å²) in [4.78, 5) is 115. The molecule has 4 fully saturated rings. The van der Waals surface area contributed by atoms with Crippen LogP contribution >= 0.6 is 23.2 Å². The molecule has 38 heteroatoms. The number of anilines is 10. The van der Waals surface area contributed by atoms with Crippen LogP contribution in [0, 0.1) is 0 Å². The first-order valence-corrected chi connectivity index (χ1v) is 39.0. The van der Waals surface area contributed by atoms with E-state index in [1.807, 2.05) is 40.1 Å². The van der Waals surface area contributed by atoms with Gasteiger partial charge in [0.1, 0.15) is 52.0 Å². The topological polar surface area (TPSA) is 500 Å². The number of phenolic OH excluding ortho intramolecular Hbond substituents is 3. The Morgan fingerprint density at radius 1 is 0.410 bits per heavy atom. The summed E-state index contributed by atoms with van der Waals surface area (Å²) in [5.74, 6) is -0.443. The fraction of sp³-hybridized carbons (Fsp3) is 0.468. The number of aromatic nitrogens is 6. The highest BCUT2D eigenvalue weighted by molar-refractivity contribution is 6.31. The molecule has 4 aliphatic rings. The van der Waals surface area contributed by atoms with E-state index in [1.165, 1.54) is 48.5 Å². The highest BCUT2D eigenvalue weighted by Gasteiger charge is 2.38. The zero-order valence-electron chi connectivity index (χ0n) is 67.5. The highest BCUT2D eigenvalue weighted by Crippen LogP contribution is 2.36. The van der Waals surface area contributed by atoms with Crippen LogP contribution in [-0.4, -0.2) is 205 Å². The Hall–Kier alpha value is -11.4. The van der Waals surface area contributed by atoms with E-state index >= 15 is 0 Å². The lowest BCUT2D eigenvalue weighted by atomic mass is 10.0. The molecule has 5 aromatic carbocycles. The molecule has 0 saturated carbocycles. The van der Waals surface area contributed by atoms with Crippen LogP contribution in [0.25, 0.3) is 0 Å². The van der Waals surface area contributed by atoms with Gasteiger partial charge in [0.25, 0.3) is 11.8 Å². The van der Waals surface area contributed by atoms with Crippen molar-refractivity contribution in [1.29, 1.82) is 0 Å². The maximum Gasteiger partial charge on any atom is 0.407 e. The molecule has 0 unspecified atom stereocenters. The second-order valence-corrected chi connectivity index (χ2v) is 34.1. The number of alkyl carbamates (subject to hydrolysis) is 4. The number of nitrogens with two attached hydrogens (primary N) is 4. The summed E-state index contributed by atoms with van der Waals surface area (Å²) in [5, 5.41) is 55.4. The Balaban J connectivity index is 0.000000294. The van der Waals surface area contributed by atoms with Crippen molar-refractivity contribution in [2.24, 2.45) is 22.9 Å². The van der Waals surface area contributed by atoms with Gasteiger partial charge in [-0.05, 0) is 175 Å². The molecule has 0 radical (unpaired) electrons. The summed E-state index contributed by atoms with van der Waals surface area (Å²) < 4.78 is 28.8. The highest BCUT2D eigenvalue weighted by atomic mass is 35.5. The van der Waals surface area contributed by atoms with Crippen LogP contribution in [0.3, 0.4) is 0 Å². The Kier molecular flexibility index (Phi) is 28.3. The molecule has 4 saturated heterocycles. The van der Waals surface area contributed by atoms with Crippen LogP contribution in [0.15, 0.2) is 103 Å². The van der Waals surface area contributed by atoms with Gasteiger partial charge in [0, 0.05) is 110 Å². The van der Waals surface area contributed by atoms with E-state index in [1.54, 1.807) is 117 Å². The molecule has 7 aromatic rings. The van der Waals surface area contributed by atoms with E-state index in [0.717, 1.165) is 5.56 Å². The maximum atomic E-state index is 13.6. The summed E-state index contributed by atoms with van der Waals surface area (Å²) in [6, 6.07) is 24.3. The van der Waals surface area contributed by atoms with Gasteiger partial charge in [-0.25, -0.2) is 19.2 Å². The minimum Gasteiger partial charge on any atom is -0.507 e. The number of amides is 6. The molecule has 8 atom stereocenters. The van der Waals surface area contributed by atoms with Gasteiger partial charge in [-0.3, -0.25) is 9.59 Å². The Bertz CT molecular complexity index is 4440. The molecule has 11 rings (SSSR count). The van der Waals surface area contributed by atoms with Gasteiger partial charge < -0.3 is 124 Å². The van der Waals surface area contributed by atoms with E-state index in [4.69, 9.17) is 89.8 Å². The minimum absolute atomic E-state index is 0.00976. The average molecular weight is 1660 g/mol. The first-order valence-electron chi connectivity index (χ1n) is 38.2. The molecule has 117 heavy (non-hydrogen) atoms. The van der Waals surface area contributed by atoms with Crippen LogP contribution in [0.2, 0.25) is 10.0 Å². The summed E-state index contributed by atoms with van der Waals surface area (Å²) in [5.41, 5.74) is 23.8. The largest absolute Gasteiger partial charge is 0.507 e. The molecule has 4 aliphatic heterocycles. The van der Waals surface area contributed by atoms with E-state index in [9.17, 15) is 44.1 Å². The number of carbonyl (C=O) groups excluding carboxylic acids is 6. The van der Waals surface area contributed by atoms with Crippen molar-refractivity contribution < 1.29 is 67.8 Å². The van der Waals surface area contributed by atoms with Crippen LogP contribution in [0.5, 0.6) is 23.0 Å². The SMILES string of the molecule is CC(C)(C)OC(=O)N[C@@H]1C[C@H](NC(=O)OC(C)(C)C)CN(c2nc(Nc3ccc(NC(=O)c4ccc(Cl)cc4O)c(OCc4ccccc4)c3)nc(N3C[C@H](NC(=O)OC(C)(C)C)C[C@H](NC(=O)OC(C)(C)C)C3)n2)C1.N[C@@H]1C[C@H](N)CN(c2nc(Nc3ccc(NC(=O)c4ccc(Cl)cc4O)c(O)c3)nc(N3C[C@H](N)C[C@H](N)C3)n2)C1. The lowest BCUT2D eigenvalue weighted by Gasteiger charge is -2.40. The van der Waals surface area contributed by atoms with Crippen LogP contribution in [0.4, 0.5) is 77.6 Å². The van der Waals surface area contributed by atoms with Crippen molar-refractivity contribution in [2.75, 3.05) is 93.2 Å². The Morgan fingerprint density at radius 2 is 0.744 bits per heavy atom. The second-order valence-electron chi connectivity index (χ2n) is 33.2. The van der Waals surface area contributed by atoms with Crippen LogP contribution in [-0.2, 0) is 25.6 Å². The number of halogens is 2. The molecular formula is C79H106Cl2N22O14. The number of nitrogens with zero attached hydrogens (tertiary/aromatic N) is 10.